The Bertz CT molecular complexity index is 473. The van der Waals surface area contributed by atoms with Crippen LogP contribution in [0.4, 0.5) is 4.39 Å². The Morgan fingerprint density at radius 3 is 2.75 bits per heavy atom. The lowest BCUT2D eigenvalue weighted by Crippen LogP contribution is -2.37. The van der Waals surface area contributed by atoms with Gasteiger partial charge in [0.05, 0.1) is 7.11 Å². The van der Waals surface area contributed by atoms with E-state index in [1.807, 2.05) is 0 Å². The highest BCUT2D eigenvalue weighted by Gasteiger charge is 2.19. The number of nitrogens with one attached hydrogen (secondary N) is 1. The van der Waals surface area contributed by atoms with Crippen LogP contribution in [0.3, 0.4) is 0 Å². The zero-order valence-corrected chi connectivity index (χ0v) is 12.0. The average molecular weight is 280 g/mol. The van der Waals surface area contributed by atoms with Crippen molar-refractivity contribution in [3.05, 3.63) is 29.6 Å². The highest BCUT2D eigenvalue weighted by molar-refractivity contribution is 5.94. The van der Waals surface area contributed by atoms with Gasteiger partial charge >= 0.3 is 0 Å². The molecular weight excluding hydrogens is 259 g/mol. The van der Waals surface area contributed by atoms with Gasteiger partial charge in [0.1, 0.15) is 0 Å². The van der Waals surface area contributed by atoms with Crippen LogP contribution >= 0.6 is 0 Å². The van der Waals surface area contributed by atoms with Crippen molar-refractivity contribution in [2.24, 2.45) is 5.92 Å². The van der Waals surface area contributed by atoms with E-state index in [0.717, 1.165) is 25.9 Å². The fraction of sp³-hybridized carbons (Fsp3) is 0.533. The first-order valence-electron chi connectivity index (χ1n) is 6.91. The smallest absolute Gasteiger partial charge is 0.253 e. The molecule has 0 atom stereocenters. The summed E-state index contributed by atoms with van der Waals surface area (Å²) in [5.41, 5.74) is 0.361. The Labute approximate surface area is 118 Å². The number of hydrogen-bond acceptors (Lipinski definition) is 3. The van der Waals surface area contributed by atoms with E-state index in [4.69, 9.17) is 4.74 Å². The zero-order valence-electron chi connectivity index (χ0n) is 12.0. The molecule has 0 saturated carbocycles. The van der Waals surface area contributed by atoms with E-state index < -0.39 is 5.82 Å². The number of hydrogen-bond donors (Lipinski definition) is 1. The third-order valence-electron chi connectivity index (χ3n) is 3.74. The molecule has 1 heterocycles. The van der Waals surface area contributed by atoms with Gasteiger partial charge in [0.2, 0.25) is 0 Å². The molecule has 110 valence electrons. The summed E-state index contributed by atoms with van der Waals surface area (Å²) in [5, 5.41) is 3.30. The Morgan fingerprint density at radius 2 is 2.15 bits per heavy atom. The molecule has 1 aromatic rings. The third kappa shape index (κ3) is 3.48. The van der Waals surface area contributed by atoms with E-state index in [2.05, 4.69) is 5.32 Å². The number of ether oxygens (including phenoxy) is 1. The summed E-state index contributed by atoms with van der Waals surface area (Å²) in [6.07, 6.45) is 2.16. The number of benzene rings is 1. The van der Waals surface area contributed by atoms with Crippen LogP contribution in [0.15, 0.2) is 18.2 Å². The average Bonchev–Trinajstić information content (AvgIpc) is 2.47. The molecule has 0 unspecified atom stereocenters. The monoisotopic (exact) mass is 280 g/mol. The number of amides is 1. The summed E-state index contributed by atoms with van der Waals surface area (Å²) in [7, 11) is 3.18. The second kappa shape index (κ2) is 6.70. The minimum Gasteiger partial charge on any atom is -0.494 e. The van der Waals surface area contributed by atoms with Gasteiger partial charge < -0.3 is 15.0 Å². The third-order valence-corrected chi connectivity index (χ3v) is 3.74. The number of carbonyl (C=O) groups excluding carboxylic acids is 1. The maximum Gasteiger partial charge on any atom is 0.253 e. The molecular formula is C15H21FN2O2. The van der Waals surface area contributed by atoms with Crippen LogP contribution in [0.25, 0.3) is 0 Å². The molecule has 1 aromatic carbocycles. The number of piperidine rings is 1. The minimum atomic E-state index is -0.506. The maximum absolute atomic E-state index is 13.6. The summed E-state index contributed by atoms with van der Waals surface area (Å²) in [6, 6.07) is 4.32. The first kappa shape index (κ1) is 14.8. The number of halogens is 1. The topological polar surface area (TPSA) is 41.6 Å². The van der Waals surface area contributed by atoms with Crippen molar-refractivity contribution in [2.75, 3.05) is 33.8 Å². The van der Waals surface area contributed by atoms with Crippen molar-refractivity contribution in [1.82, 2.24) is 10.2 Å². The van der Waals surface area contributed by atoms with Gasteiger partial charge in [0.15, 0.2) is 11.6 Å². The Hall–Kier alpha value is -1.62. The largest absolute Gasteiger partial charge is 0.494 e. The second-order valence-electron chi connectivity index (χ2n) is 5.23. The second-order valence-corrected chi connectivity index (χ2v) is 5.23. The highest BCUT2D eigenvalue weighted by atomic mass is 19.1. The SMILES string of the molecule is COc1ccc(C(=O)N(C)CC2CCNCC2)cc1F. The maximum atomic E-state index is 13.6. The standard InChI is InChI=1S/C15H21FN2O2/c1-18(10-11-5-7-17-8-6-11)15(19)12-3-4-14(20-2)13(16)9-12/h3-4,9,11,17H,5-8,10H2,1-2H3. The van der Waals surface area contributed by atoms with Gasteiger partial charge in [-0.3, -0.25) is 4.79 Å². The van der Waals surface area contributed by atoms with Gasteiger partial charge in [-0.05, 0) is 50.0 Å². The number of nitrogens with zero attached hydrogens (tertiary/aromatic N) is 1. The van der Waals surface area contributed by atoms with Crippen LogP contribution in [0, 0.1) is 11.7 Å². The van der Waals surface area contributed by atoms with Crippen molar-refractivity contribution in [3.8, 4) is 5.75 Å². The normalized spacial score (nSPS) is 15.9. The summed E-state index contributed by atoms with van der Waals surface area (Å²) < 4.78 is 18.5. The van der Waals surface area contributed by atoms with Crippen molar-refractivity contribution >= 4 is 5.91 Å². The quantitative estimate of drug-likeness (QED) is 0.916. The molecule has 0 aromatic heterocycles. The van der Waals surface area contributed by atoms with E-state index >= 15 is 0 Å². The molecule has 1 aliphatic rings. The van der Waals surface area contributed by atoms with E-state index in [9.17, 15) is 9.18 Å². The molecule has 0 spiro atoms. The first-order valence-corrected chi connectivity index (χ1v) is 6.91. The van der Waals surface area contributed by atoms with E-state index in [-0.39, 0.29) is 11.7 Å². The Morgan fingerprint density at radius 1 is 1.45 bits per heavy atom. The highest BCUT2D eigenvalue weighted by Crippen LogP contribution is 2.19. The lowest BCUT2D eigenvalue weighted by Gasteiger charge is -2.27. The molecule has 0 bridgehead atoms. The van der Waals surface area contributed by atoms with Crippen molar-refractivity contribution in [2.45, 2.75) is 12.8 Å². The number of rotatable bonds is 4. The Kier molecular flexibility index (Phi) is 4.95. The summed E-state index contributed by atoms with van der Waals surface area (Å²) in [4.78, 5) is 14.0. The van der Waals surface area contributed by atoms with E-state index in [0.29, 0.717) is 18.0 Å². The minimum absolute atomic E-state index is 0.148. The molecule has 5 heteroatoms. The van der Waals surface area contributed by atoms with Crippen molar-refractivity contribution < 1.29 is 13.9 Å². The number of methoxy groups -OCH3 is 1. The van der Waals surface area contributed by atoms with Gasteiger partial charge in [-0.25, -0.2) is 4.39 Å². The molecule has 0 aliphatic carbocycles. The van der Waals surface area contributed by atoms with Crippen molar-refractivity contribution in [1.29, 1.82) is 0 Å². The van der Waals surface area contributed by atoms with Gasteiger partial charge in [0.25, 0.3) is 5.91 Å². The van der Waals surface area contributed by atoms with Gasteiger partial charge in [-0.15, -0.1) is 0 Å². The lowest BCUT2D eigenvalue weighted by atomic mass is 9.97. The Balaban J connectivity index is 2.00. The van der Waals surface area contributed by atoms with Crippen LogP contribution in [0.5, 0.6) is 5.75 Å². The fourth-order valence-corrected chi connectivity index (χ4v) is 2.55. The summed E-state index contributed by atoms with van der Waals surface area (Å²) in [6.45, 7) is 2.72. The first-order chi connectivity index (χ1) is 9.61. The van der Waals surface area contributed by atoms with Crippen LogP contribution in [-0.2, 0) is 0 Å². The van der Waals surface area contributed by atoms with E-state index in [1.165, 1.54) is 19.2 Å². The van der Waals surface area contributed by atoms with Gasteiger partial charge in [0, 0.05) is 19.2 Å². The van der Waals surface area contributed by atoms with Crippen molar-refractivity contribution in [3.63, 3.8) is 0 Å². The molecule has 4 nitrogen and oxygen atoms in total. The van der Waals surface area contributed by atoms with Crippen LogP contribution in [0.1, 0.15) is 23.2 Å². The van der Waals surface area contributed by atoms with E-state index in [1.54, 1.807) is 18.0 Å². The van der Waals surface area contributed by atoms with Gasteiger partial charge in [-0.1, -0.05) is 0 Å². The predicted octanol–water partition coefficient (Wildman–Crippen LogP) is 1.91. The zero-order chi connectivity index (χ0) is 14.5. The molecule has 1 aliphatic heterocycles. The molecule has 2 rings (SSSR count). The molecule has 0 radical (unpaired) electrons. The molecule has 1 amide bonds. The van der Waals surface area contributed by atoms with Crippen LogP contribution < -0.4 is 10.1 Å². The predicted molar refractivity (Wildman–Crippen MR) is 75.5 cm³/mol. The molecule has 20 heavy (non-hydrogen) atoms. The van der Waals surface area contributed by atoms with Crippen LogP contribution in [-0.4, -0.2) is 44.6 Å². The summed E-state index contributed by atoms with van der Waals surface area (Å²) >= 11 is 0. The molecule has 1 N–H and O–H groups in total. The van der Waals surface area contributed by atoms with Gasteiger partial charge in [-0.2, -0.15) is 0 Å². The summed E-state index contributed by atoms with van der Waals surface area (Å²) in [5.74, 6) is 0.0227. The lowest BCUT2D eigenvalue weighted by molar-refractivity contribution is 0.0762. The molecule has 1 fully saturated rings. The van der Waals surface area contributed by atoms with Crippen LogP contribution in [0.2, 0.25) is 0 Å². The number of carbonyl (C=O) groups is 1. The fourth-order valence-electron chi connectivity index (χ4n) is 2.55. The molecule has 1 saturated heterocycles.